The van der Waals surface area contributed by atoms with E-state index in [4.69, 9.17) is 9.72 Å². The molecule has 0 atom stereocenters. The molecule has 0 bridgehead atoms. The molecule has 6 heteroatoms. The Morgan fingerprint density at radius 3 is 2.72 bits per heavy atom. The first kappa shape index (κ1) is 15.4. The van der Waals surface area contributed by atoms with Crippen LogP contribution in [0.5, 0.6) is 5.88 Å². The van der Waals surface area contributed by atoms with Gasteiger partial charge < -0.3 is 13.9 Å². The molecule has 3 heterocycles. The van der Waals surface area contributed by atoms with Gasteiger partial charge in [-0.05, 0) is 25.1 Å². The molecule has 1 aromatic carbocycles. The Labute approximate surface area is 145 Å². The number of rotatable bonds is 5. The summed E-state index contributed by atoms with van der Waals surface area (Å²) in [5.74, 6) is 2.33. The van der Waals surface area contributed by atoms with E-state index in [0.29, 0.717) is 19.0 Å². The number of imidazole rings is 2. The van der Waals surface area contributed by atoms with Crippen molar-refractivity contribution in [1.82, 2.24) is 24.1 Å². The Balaban J connectivity index is 1.75. The van der Waals surface area contributed by atoms with E-state index in [1.807, 2.05) is 50.5 Å². The summed E-state index contributed by atoms with van der Waals surface area (Å²) in [6.45, 7) is 3.17. The molecular formula is C19H19N5O. The van der Waals surface area contributed by atoms with Gasteiger partial charge in [-0.15, -0.1) is 0 Å². The van der Waals surface area contributed by atoms with Gasteiger partial charge in [0.05, 0.1) is 24.2 Å². The molecule has 0 N–H and O–H groups in total. The third-order valence-corrected chi connectivity index (χ3v) is 4.17. The highest BCUT2D eigenvalue weighted by molar-refractivity contribution is 5.79. The van der Waals surface area contributed by atoms with Crippen molar-refractivity contribution in [1.29, 1.82) is 0 Å². The minimum absolute atomic E-state index is 0.589. The van der Waals surface area contributed by atoms with Gasteiger partial charge in [0.2, 0.25) is 5.88 Å². The standard InChI is InChI=1S/C19H19N5O/c1-3-25-19-14(7-6-10-21-19)13-24-12-11-20-17(24)18-22-15-8-4-5-9-16(15)23(18)2/h4-12H,3,13H2,1-2H3. The third kappa shape index (κ3) is 2.76. The van der Waals surface area contributed by atoms with E-state index in [9.17, 15) is 0 Å². The second-order valence-corrected chi connectivity index (χ2v) is 5.76. The number of benzene rings is 1. The average Bonchev–Trinajstić information content (AvgIpc) is 3.21. The molecule has 0 saturated carbocycles. The van der Waals surface area contributed by atoms with Crippen LogP contribution in [0.1, 0.15) is 12.5 Å². The molecule has 0 fully saturated rings. The van der Waals surface area contributed by atoms with Gasteiger partial charge in [0.15, 0.2) is 11.6 Å². The van der Waals surface area contributed by atoms with Gasteiger partial charge in [0.1, 0.15) is 0 Å². The van der Waals surface area contributed by atoms with Crippen LogP contribution in [0.4, 0.5) is 0 Å². The Morgan fingerprint density at radius 2 is 1.88 bits per heavy atom. The fourth-order valence-electron chi connectivity index (χ4n) is 2.98. The lowest BCUT2D eigenvalue weighted by Crippen LogP contribution is -2.07. The van der Waals surface area contributed by atoms with Crippen molar-refractivity contribution >= 4 is 11.0 Å². The second kappa shape index (κ2) is 6.39. The van der Waals surface area contributed by atoms with Crippen LogP contribution in [0, 0.1) is 0 Å². The van der Waals surface area contributed by atoms with Crippen molar-refractivity contribution in [2.45, 2.75) is 13.5 Å². The van der Waals surface area contributed by atoms with Crippen LogP contribution < -0.4 is 4.74 Å². The van der Waals surface area contributed by atoms with E-state index in [-0.39, 0.29) is 0 Å². The summed E-state index contributed by atoms with van der Waals surface area (Å²) in [6, 6.07) is 12.0. The van der Waals surface area contributed by atoms with Crippen LogP contribution in [-0.4, -0.2) is 30.7 Å². The molecule has 4 aromatic rings. The summed E-state index contributed by atoms with van der Waals surface area (Å²) in [6.07, 6.45) is 5.50. The topological polar surface area (TPSA) is 57.8 Å². The zero-order chi connectivity index (χ0) is 17.2. The third-order valence-electron chi connectivity index (χ3n) is 4.17. The lowest BCUT2D eigenvalue weighted by atomic mass is 10.2. The van der Waals surface area contributed by atoms with Crippen LogP contribution in [0.3, 0.4) is 0 Å². The van der Waals surface area contributed by atoms with E-state index in [1.165, 1.54) is 0 Å². The maximum absolute atomic E-state index is 5.64. The molecule has 3 aromatic heterocycles. The lowest BCUT2D eigenvalue weighted by Gasteiger charge is -2.11. The highest BCUT2D eigenvalue weighted by atomic mass is 16.5. The van der Waals surface area contributed by atoms with Gasteiger partial charge in [-0.1, -0.05) is 18.2 Å². The minimum atomic E-state index is 0.589. The first-order chi connectivity index (χ1) is 12.3. The zero-order valence-corrected chi connectivity index (χ0v) is 14.3. The molecule has 0 aliphatic carbocycles. The number of ether oxygens (including phenoxy) is 1. The number of nitrogens with zero attached hydrogens (tertiary/aromatic N) is 5. The van der Waals surface area contributed by atoms with E-state index in [2.05, 4.69) is 25.2 Å². The van der Waals surface area contributed by atoms with Crippen LogP contribution in [0.2, 0.25) is 0 Å². The molecule has 0 amide bonds. The Morgan fingerprint density at radius 1 is 1.00 bits per heavy atom. The zero-order valence-electron chi connectivity index (χ0n) is 14.3. The van der Waals surface area contributed by atoms with E-state index in [0.717, 1.165) is 28.2 Å². The predicted octanol–water partition coefficient (Wildman–Crippen LogP) is 3.28. The summed E-state index contributed by atoms with van der Waals surface area (Å²) in [5.41, 5.74) is 3.07. The molecular weight excluding hydrogens is 314 g/mol. The summed E-state index contributed by atoms with van der Waals surface area (Å²) >= 11 is 0. The number of aryl methyl sites for hydroxylation is 1. The second-order valence-electron chi connectivity index (χ2n) is 5.76. The molecule has 0 spiro atoms. The van der Waals surface area contributed by atoms with Crippen molar-refractivity contribution in [2.24, 2.45) is 7.05 Å². The summed E-state index contributed by atoms with van der Waals surface area (Å²) in [7, 11) is 2.01. The molecule has 126 valence electrons. The SMILES string of the molecule is CCOc1ncccc1Cn1ccnc1-c1nc2ccccc2n1C. The molecule has 0 aliphatic rings. The predicted molar refractivity (Wildman–Crippen MR) is 96.4 cm³/mol. The minimum Gasteiger partial charge on any atom is -0.478 e. The van der Waals surface area contributed by atoms with Crippen molar-refractivity contribution in [3.63, 3.8) is 0 Å². The molecule has 0 aliphatic heterocycles. The maximum atomic E-state index is 5.64. The van der Waals surface area contributed by atoms with Crippen molar-refractivity contribution in [3.05, 3.63) is 60.6 Å². The highest BCUT2D eigenvalue weighted by Crippen LogP contribution is 2.24. The fourth-order valence-corrected chi connectivity index (χ4v) is 2.98. The smallest absolute Gasteiger partial charge is 0.218 e. The maximum Gasteiger partial charge on any atom is 0.218 e. The van der Waals surface area contributed by atoms with E-state index >= 15 is 0 Å². The highest BCUT2D eigenvalue weighted by Gasteiger charge is 2.15. The van der Waals surface area contributed by atoms with E-state index < -0.39 is 0 Å². The number of pyridine rings is 1. The van der Waals surface area contributed by atoms with E-state index in [1.54, 1.807) is 12.4 Å². The number of fused-ring (bicyclic) bond motifs is 1. The van der Waals surface area contributed by atoms with Crippen LogP contribution in [0.15, 0.2) is 55.0 Å². The van der Waals surface area contributed by atoms with Crippen molar-refractivity contribution < 1.29 is 4.74 Å². The molecule has 0 unspecified atom stereocenters. The Bertz CT molecular complexity index is 1020. The Hall–Kier alpha value is -3.15. The largest absolute Gasteiger partial charge is 0.478 e. The monoisotopic (exact) mass is 333 g/mol. The van der Waals surface area contributed by atoms with Gasteiger partial charge in [-0.25, -0.2) is 15.0 Å². The molecule has 4 rings (SSSR count). The number of aromatic nitrogens is 5. The lowest BCUT2D eigenvalue weighted by molar-refractivity contribution is 0.322. The summed E-state index contributed by atoms with van der Waals surface area (Å²) in [4.78, 5) is 13.6. The van der Waals surface area contributed by atoms with Crippen molar-refractivity contribution in [2.75, 3.05) is 6.61 Å². The first-order valence-electron chi connectivity index (χ1n) is 8.27. The quantitative estimate of drug-likeness (QED) is 0.562. The van der Waals surface area contributed by atoms with Crippen LogP contribution in [-0.2, 0) is 13.6 Å². The fraction of sp³-hybridized carbons (Fsp3) is 0.211. The normalized spacial score (nSPS) is 11.1. The Kier molecular flexibility index (Phi) is 3.93. The molecule has 6 nitrogen and oxygen atoms in total. The van der Waals surface area contributed by atoms with Crippen LogP contribution >= 0.6 is 0 Å². The van der Waals surface area contributed by atoms with Gasteiger partial charge in [-0.2, -0.15) is 0 Å². The van der Waals surface area contributed by atoms with Gasteiger partial charge >= 0.3 is 0 Å². The number of para-hydroxylation sites is 2. The number of hydrogen-bond acceptors (Lipinski definition) is 4. The summed E-state index contributed by atoms with van der Waals surface area (Å²) in [5, 5.41) is 0. The van der Waals surface area contributed by atoms with Crippen LogP contribution in [0.25, 0.3) is 22.7 Å². The first-order valence-corrected chi connectivity index (χ1v) is 8.27. The van der Waals surface area contributed by atoms with Gasteiger partial charge in [0, 0.05) is 31.2 Å². The number of hydrogen-bond donors (Lipinski definition) is 0. The molecule has 0 saturated heterocycles. The molecule has 0 radical (unpaired) electrons. The summed E-state index contributed by atoms with van der Waals surface area (Å²) < 4.78 is 9.78. The van der Waals surface area contributed by atoms with Crippen molar-refractivity contribution in [3.8, 4) is 17.5 Å². The van der Waals surface area contributed by atoms with Gasteiger partial charge in [0.25, 0.3) is 0 Å². The van der Waals surface area contributed by atoms with Gasteiger partial charge in [-0.3, -0.25) is 0 Å². The molecule has 25 heavy (non-hydrogen) atoms. The average molecular weight is 333 g/mol.